The van der Waals surface area contributed by atoms with Gasteiger partial charge in [0.2, 0.25) is 0 Å². The van der Waals surface area contributed by atoms with Crippen molar-refractivity contribution in [3.8, 4) is 17.1 Å². The van der Waals surface area contributed by atoms with E-state index in [-0.39, 0.29) is 5.56 Å². The number of anilines is 1. The van der Waals surface area contributed by atoms with E-state index < -0.39 is 0 Å². The van der Waals surface area contributed by atoms with Gasteiger partial charge in [0.05, 0.1) is 40.8 Å². The Hall–Kier alpha value is -4.38. The summed E-state index contributed by atoms with van der Waals surface area (Å²) < 4.78 is 1.75. The number of fused-ring (bicyclic) bond motifs is 1. The first-order valence-electron chi connectivity index (χ1n) is 9.38. The normalized spacial score (nSPS) is 10.8. The third-order valence-corrected chi connectivity index (χ3v) is 4.83. The monoisotopic (exact) mass is 395 g/mol. The predicted molar refractivity (Wildman–Crippen MR) is 113 cm³/mol. The summed E-state index contributed by atoms with van der Waals surface area (Å²) in [5.74, 6) is 0.497. The summed E-state index contributed by atoms with van der Waals surface area (Å²) >= 11 is 0. The maximum atomic E-state index is 12.7. The van der Waals surface area contributed by atoms with Crippen LogP contribution in [-0.4, -0.2) is 29.5 Å². The van der Waals surface area contributed by atoms with Crippen molar-refractivity contribution in [2.45, 2.75) is 13.5 Å². The lowest BCUT2D eigenvalue weighted by atomic mass is 10.2. The van der Waals surface area contributed by atoms with Gasteiger partial charge in [-0.1, -0.05) is 6.07 Å². The first-order chi connectivity index (χ1) is 14.7. The largest absolute Gasteiger partial charge is 0.379 e. The summed E-state index contributed by atoms with van der Waals surface area (Å²) in [5.41, 5.74) is 5.27. The van der Waals surface area contributed by atoms with Gasteiger partial charge in [-0.15, -0.1) is 0 Å². The van der Waals surface area contributed by atoms with Crippen molar-refractivity contribution in [3.63, 3.8) is 0 Å². The van der Waals surface area contributed by atoms with Crippen LogP contribution in [0.2, 0.25) is 0 Å². The van der Waals surface area contributed by atoms with E-state index in [1.165, 1.54) is 0 Å². The number of aryl methyl sites for hydroxylation is 1. The maximum absolute atomic E-state index is 12.7. The van der Waals surface area contributed by atoms with Crippen LogP contribution in [-0.2, 0) is 6.54 Å². The third-order valence-electron chi connectivity index (χ3n) is 4.83. The van der Waals surface area contributed by atoms with Crippen molar-refractivity contribution in [2.24, 2.45) is 0 Å². The molecule has 0 radical (unpaired) electrons. The van der Waals surface area contributed by atoms with E-state index in [0.29, 0.717) is 23.6 Å². The van der Waals surface area contributed by atoms with E-state index in [9.17, 15) is 4.79 Å². The average molecular weight is 395 g/mol. The summed E-state index contributed by atoms with van der Waals surface area (Å²) in [6, 6.07) is 11.5. The summed E-state index contributed by atoms with van der Waals surface area (Å²) in [5, 5.41) is 3.30. The molecule has 4 heterocycles. The first-order valence-corrected chi connectivity index (χ1v) is 9.38. The van der Waals surface area contributed by atoms with Crippen molar-refractivity contribution in [1.29, 1.82) is 0 Å². The Morgan fingerprint density at radius 3 is 2.97 bits per heavy atom. The molecular formula is C22H17N7O. The van der Waals surface area contributed by atoms with E-state index in [0.717, 1.165) is 28.0 Å². The predicted octanol–water partition coefficient (Wildman–Crippen LogP) is 3.02. The Morgan fingerprint density at radius 2 is 2.17 bits per heavy atom. The third kappa shape index (κ3) is 3.18. The van der Waals surface area contributed by atoms with E-state index in [1.807, 2.05) is 43.3 Å². The summed E-state index contributed by atoms with van der Waals surface area (Å²) in [7, 11) is 0. The second-order valence-corrected chi connectivity index (χ2v) is 6.85. The summed E-state index contributed by atoms with van der Waals surface area (Å²) in [4.78, 5) is 31.7. The van der Waals surface area contributed by atoms with Crippen molar-refractivity contribution >= 4 is 16.7 Å². The highest BCUT2D eigenvalue weighted by Gasteiger charge is 2.16. The highest BCUT2D eigenvalue weighted by atomic mass is 16.1. The zero-order valence-corrected chi connectivity index (χ0v) is 16.1. The molecule has 0 aliphatic heterocycles. The molecule has 0 spiro atoms. The molecule has 4 aromatic heterocycles. The van der Waals surface area contributed by atoms with E-state index in [1.54, 1.807) is 23.3 Å². The fourth-order valence-corrected chi connectivity index (χ4v) is 3.41. The lowest BCUT2D eigenvalue weighted by Gasteiger charge is -2.09. The second kappa shape index (κ2) is 7.22. The molecule has 0 bridgehead atoms. The van der Waals surface area contributed by atoms with Gasteiger partial charge in [-0.25, -0.2) is 4.98 Å². The molecule has 0 saturated heterocycles. The number of hydrogen-bond donors (Lipinski definition) is 3. The molecule has 146 valence electrons. The van der Waals surface area contributed by atoms with E-state index in [2.05, 4.69) is 37.6 Å². The molecule has 1 aromatic carbocycles. The van der Waals surface area contributed by atoms with Crippen LogP contribution in [0.3, 0.4) is 0 Å². The lowest BCUT2D eigenvalue weighted by Crippen LogP contribution is -2.13. The Kier molecular flexibility index (Phi) is 4.26. The highest BCUT2D eigenvalue weighted by Crippen LogP contribution is 2.27. The van der Waals surface area contributed by atoms with Crippen molar-refractivity contribution < 1.29 is 0 Å². The topological polar surface area (TPSA) is 104 Å². The SMILES string of the molecule is Cc1cc(-n2c#cnc2)cc2[nH]c(-c3c(NCc4ccccn4)cc[nH]c3=O)nc12. The number of nitrogens with one attached hydrogen (secondary N) is 3. The number of rotatable bonds is 5. The summed E-state index contributed by atoms with van der Waals surface area (Å²) in [6.45, 7) is 2.47. The van der Waals surface area contributed by atoms with Gasteiger partial charge in [-0.2, -0.15) is 4.98 Å². The number of nitrogens with zero attached hydrogens (tertiary/aromatic N) is 4. The van der Waals surface area contributed by atoms with Gasteiger partial charge in [0.1, 0.15) is 17.7 Å². The van der Waals surface area contributed by atoms with Gasteiger partial charge < -0.3 is 15.3 Å². The maximum Gasteiger partial charge on any atom is 0.261 e. The number of pyridine rings is 2. The van der Waals surface area contributed by atoms with Crippen LogP contribution in [0.15, 0.2) is 59.9 Å². The average Bonchev–Trinajstić information content (AvgIpc) is 3.43. The van der Waals surface area contributed by atoms with Crippen LogP contribution in [0, 0.1) is 19.3 Å². The molecule has 0 unspecified atom stereocenters. The molecule has 8 nitrogen and oxygen atoms in total. The number of benzene rings is 1. The van der Waals surface area contributed by atoms with Crippen LogP contribution in [0.1, 0.15) is 11.3 Å². The number of aromatic amines is 2. The molecule has 0 aliphatic carbocycles. The van der Waals surface area contributed by atoms with Gasteiger partial charge >= 0.3 is 0 Å². The quantitative estimate of drug-likeness (QED) is 0.424. The zero-order chi connectivity index (χ0) is 20.5. The molecule has 0 aliphatic rings. The molecule has 0 amide bonds. The Bertz CT molecular complexity index is 1370. The molecule has 5 rings (SSSR count). The van der Waals surface area contributed by atoms with Crippen LogP contribution < -0.4 is 10.9 Å². The minimum atomic E-state index is -0.226. The fourth-order valence-electron chi connectivity index (χ4n) is 3.41. The van der Waals surface area contributed by atoms with Crippen LogP contribution in [0.25, 0.3) is 28.1 Å². The minimum absolute atomic E-state index is 0.226. The van der Waals surface area contributed by atoms with Crippen LogP contribution in [0.5, 0.6) is 0 Å². The van der Waals surface area contributed by atoms with Gasteiger partial charge in [0.15, 0.2) is 0 Å². The first kappa shape index (κ1) is 17.7. The highest BCUT2D eigenvalue weighted by molar-refractivity contribution is 5.86. The Morgan fingerprint density at radius 1 is 1.23 bits per heavy atom. The number of H-pyrrole nitrogens is 2. The molecule has 0 fully saturated rings. The number of hydrogen-bond acceptors (Lipinski definition) is 5. The Labute approximate surface area is 171 Å². The molecule has 8 heteroatoms. The van der Waals surface area contributed by atoms with Crippen molar-refractivity contribution in [1.82, 2.24) is 29.5 Å². The molecule has 0 saturated carbocycles. The smallest absolute Gasteiger partial charge is 0.261 e. The van der Waals surface area contributed by atoms with E-state index >= 15 is 0 Å². The molecule has 5 aromatic rings. The van der Waals surface area contributed by atoms with Crippen LogP contribution >= 0.6 is 0 Å². The lowest BCUT2D eigenvalue weighted by molar-refractivity contribution is 1.04. The minimum Gasteiger partial charge on any atom is -0.379 e. The van der Waals surface area contributed by atoms with E-state index in [4.69, 9.17) is 4.98 Å². The van der Waals surface area contributed by atoms with Gasteiger partial charge in [0, 0.05) is 18.6 Å². The molecule has 30 heavy (non-hydrogen) atoms. The van der Waals surface area contributed by atoms with Gasteiger partial charge in [0.25, 0.3) is 5.56 Å². The van der Waals surface area contributed by atoms with Crippen LogP contribution in [0.4, 0.5) is 5.69 Å². The van der Waals surface area contributed by atoms with Gasteiger partial charge in [-0.3, -0.25) is 14.3 Å². The van der Waals surface area contributed by atoms with Crippen molar-refractivity contribution in [2.75, 3.05) is 5.32 Å². The number of imidazole rings is 1. The van der Waals surface area contributed by atoms with Gasteiger partial charge in [-0.05, 0) is 42.8 Å². The molecule has 3 N–H and O–H groups in total. The Balaban J connectivity index is 1.57. The van der Waals surface area contributed by atoms with Crippen molar-refractivity contribution in [3.05, 3.63) is 89.1 Å². The zero-order valence-electron chi connectivity index (χ0n) is 16.1. The second-order valence-electron chi connectivity index (χ2n) is 6.85. The standard InChI is InChI=1S/C22H17N7O/c1-14-10-16(29-9-8-23-13-29)11-18-20(14)28-21(27-18)19-17(5-7-25-22(19)30)26-12-15-4-2-3-6-24-15/h2-7,10-11,13H,12H2,1H3,(H,27,28)(H2,25,26,30). The number of aromatic nitrogens is 6. The molecule has 0 atom stereocenters. The summed E-state index contributed by atoms with van der Waals surface area (Å²) in [6.07, 6.45) is 10.6. The molecular weight excluding hydrogens is 378 g/mol. The fraction of sp³-hybridized carbons (Fsp3) is 0.0909.